The van der Waals surface area contributed by atoms with Crippen molar-refractivity contribution < 1.29 is 47.4 Å². The van der Waals surface area contributed by atoms with Gasteiger partial charge in [0.1, 0.15) is 5.60 Å². The van der Waals surface area contributed by atoms with E-state index in [0.717, 1.165) is 5.56 Å². The van der Waals surface area contributed by atoms with E-state index >= 15 is 0 Å². The molecule has 0 amide bonds. The standard InChI is InChI=1S/C19H31NO3.C2H6.Y/c1-16(2)13-19(21,22-7)14-17(3,4)20(16)23-18(5,6)15-11-9-8-10-12-15;1-2;/h8-12,21H,13-14H2,1-7H3;1-2H3;. The van der Waals surface area contributed by atoms with Crippen LogP contribution in [-0.2, 0) is 47.9 Å². The summed E-state index contributed by atoms with van der Waals surface area (Å²) in [6, 6.07) is 10.2. The second-order valence-electron chi connectivity index (χ2n) is 8.39. The summed E-state index contributed by atoms with van der Waals surface area (Å²) in [4.78, 5) is 6.50. The van der Waals surface area contributed by atoms with Crippen LogP contribution in [-0.4, -0.2) is 34.1 Å². The molecule has 0 spiro atoms. The minimum Gasteiger partial charge on any atom is -0.365 e. The summed E-state index contributed by atoms with van der Waals surface area (Å²) in [5, 5.41) is 12.7. The number of rotatable bonds is 4. The Morgan fingerprint density at radius 3 is 1.77 bits per heavy atom. The number of benzene rings is 1. The van der Waals surface area contributed by atoms with Gasteiger partial charge in [0, 0.05) is 63.7 Å². The predicted octanol–water partition coefficient (Wildman–Crippen LogP) is 4.87. The van der Waals surface area contributed by atoms with Crippen LogP contribution in [0.5, 0.6) is 0 Å². The fourth-order valence-electron chi connectivity index (χ4n) is 3.89. The van der Waals surface area contributed by atoms with Crippen molar-refractivity contribution in [1.29, 1.82) is 0 Å². The fourth-order valence-corrected chi connectivity index (χ4v) is 3.89. The van der Waals surface area contributed by atoms with Crippen molar-refractivity contribution in [3.8, 4) is 0 Å². The SMILES string of the molecule is CC.COC1(O)CC(C)(C)N(OC(C)(C)c2ccccc2)C(C)(C)C1.[Y]. The maximum absolute atomic E-state index is 10.7. The van der Waals surface area contributed by atoms with Crippen LogP contribution in [0.15, 0.2) is 30.3 Å². The first-order chi connectivity index (χ1) is 11.4. The average Bonchev–Trinajstić information content (AvgIpc) is 2.53. The van der Waals surface area contributed by atoms with Crippen molar-refractivity contribution in [3.05, 3.63) is 35.9 Å². The van der Waals surface area contributed by atoms with Gasteiger partial charge < -0.3 is 9.84 Å². The Kier molecular flexibility index (Phi) is 9.64. The van der Waals surface area contributed by atoms with E-state index in [-0.39, 0.29) is 43.8 Å². The summed E-state index contributed by atoms with van der Waals surface area (Å²) in [5.74, 6) is -1.12. The number of hydroxylamine groups is 2. The van der Waals surface area contributed by atoms with E-state index in [2.05, 4.69) is 53.7 Å². The van der Waals surface area contributed by atoms with Crippen LogP contribution in [0.2, 0.25) is 0 Å². The minimum absolute atomic E-state index is 0. The first-order valence-electron chi connectivity index (χ1n) is 9.24. The zero-order valence-corrected chi connectivity index (χ0v) is 20.9. The monoisotopic (exact) mass is 440 g/mol. The summed E-state index contributed by atoms with van der Waals surface area (Å²) in [6.45, 7) is 16.5. The predicted molar refractivity (Wildman–Crippen MR) is 103 cm³/mol. The topological polar surface area (TPSA) is 41.9 Å². The zero-order chi connectivity index (χ0) is 19.5. The molecule has 0 atom stereocenters. The van der Waals surface area contributed by atoms with E-state index in [1.807, 2.05) is 37.1 Å². The van der Waals surface area contributed by atoms with E-state index < -0.39 is 11.4 Å². The number of ether oxygens (including phenoxy) is 1. The van der Waals surface area contributed by atoms with E-state index in [4.69, 9.17) is 9.57 Å². The Morgan fingerprint density at radius 1 is 0.962 bits per heavy atom. The van der Waals surface area contributed by atoms with Crippen LogP contribution in [0.1, 0.15) is 73.8 Å². The molecule has 0 saturated carbocycles. The molecule has 0 aromatic heterocycles. The second-order valence-corrected chi connectivity index (χ2v) is 8.39. The Bertz CT molecular complexity index is 525. The molecule has 1 aliphatic rings. The van der Waals surface area contributed by atoms with Gasteiger partial charge >= 0.3 is 0 Å². The molecule has 1 aromatic carbocycles. The van der Waals surface area contributed by atoms with E-state index in [9.17, 15) is 5.11 Å². The average molecular weight is 440 g/mol. The molecule has 1 aromatic rings. The van der Waals surface area contributed by atoms with Gasteiger partial charge in [-0.1, -0.05) is 44.2 Å². The van der Waals surface area contributed by atoms with Crippen LogP contribution in [0.3, 0.4) is 0 Å². The van der Waals surface area contributed by atoms with Crippen molar-refractivity contribution in [2.45, 2.75) is 90.7 Å². The molecule has 4 nitrogen and oxygen atoms in total. The van der Waals surface area contributed by atoms with Gasteiger partial charge in [-0.3, -0.25) is 4.84 Å². The van der Waals surface area contributed by atoms with Gasteiger partial charge in [0.05, 0.1) is 0 Å². The number of aliphatic hydroxyl groups is 1. The third kappa shape index (κ3) is 6.08. The summed E-state index contributed by atoms with van der Waals surface area (Å²) in [7, 11) is 1.57. The van der Waals surface area contributed by atoms with E-state index in [1.54, 1.807) is 7.11 Å². The van der Waals surface area contributed by atoms with Crippen molar-refractivity contribution in [2.75, 3.05) is 7.11 Å². The Hall–Kier alpha value is 0.164. The van der Waals surface area contributed by atoms with Crippen LogP contribution in [0.4, 0.5) is 0 Å². The molecule has 1 N–H and O–H groups in total. The zero-order valence-electron chi connectivity index (χ0n) is 18.1. The maximum atomic E-state index is 10.7. The van der Waals surface area contributed by atoms with Crippen LogP contribution >= 0.6 is 0 Å². The van der Waals surface area contributed by atoms with Gasteiger partial charge in [-0.05, 0) is 47.1 Å². The van der Waals surface area contributed by atoms with Crippen molar-refractivity contribution in [2.24, 2.45) is 0 Å². The summed E-state index contributed by atoms with van der Waals surface area (Å²) in [6.07, 6.45) is 0.982. The molecule has 1 aliphatic heterocycles. The first-order valence-corrected chi connectivity index (χ1v) is 9.24. The Balaban J connectivity index is 0.00000201. The molecule has 1 radical (unpaired) electrons. The summed E-state index contributed by atoms with van der Waals surface area (Å²) >= 11 is 0. The fraction of sp³-hybridized carbons (Fsp3) is 0.714. The normalized spacial score (nSPS) is 21.2. The van der Waals surface area contributed by atoms with Crippen molar-refractivity contribution >= 4 is 0 Å². The molecular formula is C21H37NO3Y. The molecule has 0 unspecified atom stereocenters. The molecule has 1 heterocycles. The van der Waals surface area contributed by atoms with Crippen molar-refractivity contribution in [1.82, 2.24) is 5.06 Å². The van der Waals surface area contributed by atoms with Crippen molar-refractivity contribution in [3.63, 3.8) is 0 Å². The smallest absolute Gasteiger partial charge is 0.168 e. The molecule has 147 valence electrons. The number of hydrogen-bond donors (Lipinski definition) is 1. The molecule has 0 aliphatic carbocycles. The van der Waals surface area contributed by atoms with Crippen LogP contribution in [0.25, 0.3) is 0 Å². The summed E-state index contributed by atoms with van der Waals surface area (Å²) < 4.78 is 5.39. The number of piperidine rings is 1. The molecule has 1 saturated heterocycles. The van der Waals surface area contributed by atoms with Gasteiger partial charge in [0.2, 0.25) is 0 Å². The Morgan fingerprint density at radius 2 is 1.38 bits per heavy atom. The molecule has 26 heavy (non-hydrogen) atoms. The number of methoxy groups -OCH3 is 1. The third-order valence-electron chi connectivity index (χ3n) is 4.69. The van der Waals surface area contributed by atoms with Gasteiger partial charge in [0.15, 0.2) is 5.79 Å². The van der Waals surface area contributed by atoms with Crippen LogP contribution in [0, 0.1) is 0 Å². The molecule has 2 rings (SSSR count). The quantitative estimate of drug-likeness (QED) is 0.679. The minimum atomic E-state index is -1.12. The molecule has 5 heteroatoms. The number of hydrogen-bond acceptors (Lipinski definition) is 4. The van der Waals surface area contributed by atoms with Gasteiger partial charge in [-0.2, -0.15) is 5.06 Å². The Labute approximate surface area is 185 Å². The largest absolute Gasteiger partial charge is 0.365 e. The van der Waals surface area contributed by atoms with E-state index in [0.29, 0.717) is 12.8 Å². The van der Waals surface area contributed by atoms with Gasteiger partial charge in [-0.15, -0.1) is 0 Å². The molecule has 0 bridgehead atoms. The third-order valence-corrected chi connectivity index (χ3v) is 4.69. The van der Waals surface area contributed by atoms with Gasteiger partial charge in [-0.25, -0.2) is 0 Å². The van der Waals surface area contributed by atoms with Crippen LogP contribution < -0.4 is 0 Å². The molecular weight excluding hydrogens is 403 g/mol. The van der Waals surface area contributed by atoms with Gasteiger partial charge in [0.25, 0.3) is 0 Å². The second kappa shape index (κ2) is 9.58. The summed E-state index contributed by atoms with van der Waals surface area (Å²) in [5.41, 5.74) is -0.0608. The first kappa shape index (κ1) is 26.2. The molecule has 1 fully saturated rings. The number of nitrogens with zero attached hydrogens (tertiary/aromatic N) is 1. The van der Waals surface area contributed by atoms with E-state index in [1.165, 1.54) is 0 Å². The maximum Gasteiger partial charge on any atom is 0.168 e.